The third kappa shape index (κ3) is 2.60. The number of piperidine rings is 1. The predicted octanol–water partition coefficient (Wildman–Crippen LogP) is 2.48. The lowest BCUT2D eigenvalue weighted by molar-refractivity contribution is 0.136. The lowest BCUT2D eigenvalue weighted by Crippen LogP contribution is -2.39. The molecular weight excluding hydrogens is 204 g/mol. The number of nitrogens with zero attached hydrogens (tertiary/aromatic N) is 1. The molecule has 1 aromatic heterocycles. The SMILES string of the molecule is C[C@@H](c1cccs1)N1CCC[C@@H](CN)C1. The highest BCUT2D eigenvalue weighted by molar-refractivity contribution is 7.10. The summed E-state index contributed by atoms with van der Waals surface area (Å²) in [4.78, 5) is 4.06. The molecule has 0 radical (unpaired) electrons. The summed E-state index contributed by atoms with van der Waals surface area (Å²) < 4.78 is 0. The van der Waals surface area contributed by atoms with Gasteiger partial charge >= 0.3 is 0 Å². The molecule has 15 heavy (non-hydrogen) atoms. The van der Waals surface area contributed by atoms with Gasteiger partial charge in [-0.15, -0.1) is 11.3 Å². The Kier molecular flexibility index (Phi) is 3.78. The van der Waals surface area contributed by atoms with Crippen LogP contribution < -0.4 is 5.73 Å². The average molecular weight is 224 g/mol. The highest BCUT2D eigenvalue weighted by Crippen LogP contribution is 2.28. The summed E-state index contributed by atoms with van der Waals surface area (Å²) in [6.07, 6.45) is 2.61. The molecule has 0 saturated carbocycles. The van der Waals surface area contributed by atoms with E-state index in [1.54, 1.807) is 0 Å². The van der Waals surface area contributed by atoms with E-state index in [4.69, 9.17) is 5.73 Å². The van der Waals surface area contributed by atoms with Gasteiger partial charge in [-0.3, -0.25) is 4.90 Å². The van der Waals surface area contributed by atoms with Crippen molar-refractivity contribution in [2.24, 2.45) is 11.7 Å². The van der Waals surface area contributed by atoms with Gasteiger partial charge in [-0.1, -0.05) is 6.07 Å². The van der Waals surface area contributed by atoms with Crippen LogP contribution in [0.15, 0.2) is 17.5 Å². The number of hydrogen-bond donors (Lipinski definition) is 1. The Morgan fingerprint density at radius 3 is 3.20 bits per heavy atom. The third-order valence-electron chi connectivity index (χ3n) is 3.39. The molecule has 1 aliphatic heterocycles. The second-order valence-corrected chi connectivity index (χ2v) is 5.41. The Morgan fingerprint density at radius 1 is 1.67 bits per heavy atom. The van der Waals surface area contributed by atoms with Gasteiger partial charge in [-0.05, 0) is 50.2 Å². The summed E-state index contributed by atoms with van der Waals surface area (Å²) in [6, 6.07) is 4.95. The molecule has 84 valence electrons. The molecule has 0 aromatic carbocycles. The summed E-state index contributed by atoms with van der Waals surface area (Å²) in [6.45, 7) is 5.56. The molecule has 2 rings (SSSR count). The fourth-order valence-corrected chi connectivity index (χ4v) is 3.17. The number of thiophene rings is 1. The van der Waals surface area contributed by atoms with Crippen molar-refractivity contribution in [2.75, 3.05) is 19.6 Å². The summed E-state index contributed by atoms with van der Waals surface area (Å²) in [7, 11) is 0. The van der Waals surface area contributed by atoms with E-state index in [0.717, 1.165) is 6.54 Å². The van der Waals surface area contributed by atoms with E-state index in [2.05, 4.69) is 29.3 Å². The van der Waals surface area contributed by atoms with Gasteiger partial charge in [-0.2, -0.15) is 0 Å². The van der Waals surface area contributed by atoms with Crippen LogP contribution in [0.2, 0.25) is 0 Å². The van der Waals surface area contributed by atoms with Crippen molar-refractivity contribution in [3.63, 3.8) is 0 Å². The first-order valence-electron chi connectivity index (χ1n) is 5.78. The fraction of sp³-hybridized carbons (Fsp3) is 0.667. The molecule has 0 aliphatic carbocycles. The minimum Gasteiger partial charge on any atom is -0.330 e. The number of hydrogen-bond acceptors (Lipinski definition) is 3. The molecule has 0 amide bonds. The minimum atomic E-state index is 0.569. The number of likely N-dealkylation sites (tertiary alicyclic amines) is 1. The molecule has 2 nitrogen and oxygen atoms in total. The monoisotopic (exact) mass is 224 g/mol. The predicted molar refractivity (Wildman–Crippen MR) is 66.1 cm³/mol. The molecule has 1 saturated heterocycles. The van der Waals surface area contributed by atoms with Crippen molar-refractivity contribution in [1.29, 1.82) is 0 Å². The van der Waals surface area contributed by atoms with Gasteiger partial charge in [0.15, 0.2) is 0 Å². The van der Waals surface area contributed by atoms with Crippen LogP contribution in [-0.4, -0.2) is 24.5 Å². The van der Waals surface area contributed by atoms with Gasteiger partial charge in [0.1, 0.15) is 0 Å². The lowest BCUT2D eigenvalue weighted by atomic mass is 9.97. The molecule has 0 spiro atoms. The second kappa shape index (κ2) is 5.10. The van der Waals surface area contributed by atoms with Crippen molar-refractivity contribution in [3.05, 3.63) is 22.4 Å². The van der Waals surface area contributed by atoms with Crippen molar-refractivity contribution in [3.8, 4) is 0 Å². The summed E-state index contributed by atoms with van der Waals surface area (Å²) in [5, 5.41) is 2.16. The maximum atomic E-state index is 5.76. The van der Waals surface area contributed by atoms with Crippen molar-refractivity contribution in [1.82, 2.24) is 4.90 Å². The quantitative estimate of drug-likeness (QED) is 0.854. The Morgan fingerprint density at radius 2 is 2.53 bits per heavy atom. The van der Waals surface area contributed by atoms with E-state index >= 15 is 0 Å². The van der Waals surface area contributed by atoms with E-state index in [9.17, 15) is 0 Å². The first-order chi connectivity index (χ1) is 7.31. The van der Waals surface area contributed by atoms with E-state index in [-0.39, 0.29) is 0 Å². The number of nitrogens with two attached hydrogens (primary N) is 1. The van der Waals surface area contributed by atoms with E-state index < -0.39 is 0 Å². The van der Waals surface area contributed by atoms with Crippen LogP contribution in [0.5, 0.6) is 0 Å². The first kappa shape index (κ1) is 11.1. The van der Waals surface area contributed by atoms with E-state index in [0.29, 0.717) is 12.0 Å². The molecule has 2 atom stereocenters. The molecule has 0 bridgehead atoms. The minimum absolute atomic E-state index is 0.569. The molecule has 0 unspecified atom stereocenters. The molecule has 3 heteroatoms. The topological polar surface area (TPSA) is 29.3 Å². The Bertz CT molecular complexity index is 284. The Hall–Kier alpha value is -0.380. The summed E-state index contributed by atoms with van der Waals surface area (Å²) in [5.74, 6) is 0.709. The van der Waals surface area contributed by atoms with Crippen LogP contribution in [0, 0.1) is 5.92 Å². The zero-order valence-electron chi connectivity index (χ0n) is 9.36. The molecular formula is C12H20N2S. The van der Waals surface area contributed by atoms with Crippen LogP contribution in [-0.2, 0) is 0 Å². The number of rotatable bonds is 3. The lowest BCUT2D eigenvalue weighted by Gasteiger charge is -2.36. The van der Waals surface area contributed by atoms with Crippen LogP contribution in [0.3, 0.4) is 0 Å². The van der Waals surface area contributed by atoms with Crippen LogP contribution in [0.25, 0.3) is 0 Å². The van der Waals surface area contributed by atoms with E-state index in [1.807, 2.05) is 11.3 Å². The van der Waals surface area contributed by atoms with Gasteiger partial charge in [0, 0.05) is 17.5 Å². The van der Waals surface area contributed by atoms with Gasteiger partial charge < -0.3 is 5.73 Å². The van der Waals surface area contributed by atoms with Gasteiger partial charge in [0.05, 0.1) is 0 Å². The normalized spacial score (nSPS) is 25.3. The zero-order valence-corrected chi connectivity index (χ0v) is 10.2. The van der Waals surface area contributed by atoms with Crippen molar-refractivity contribution >= 4 is 11.3 Å². The Balaban J connectivity index is 1.98. The summed E-state index contributed by atoms with van der Waals surface area (Å²) >= 11 is 1.86. The third-order valence-corrected chi connectivity index (χ3v) is 4.43. The highest BCUT2D eigenvalue weighted by Gasteiger charge is 2.23. The fourth-order valence-electron chi connectivity index (χ4n) is 2.35. The molecule has 2 N–H and O–H groups in total. The van der Waals surface area contributed by atoms with E-state index in [1.165, 1.54) is 30.8 Å². The molecule has 1 aromatic rings. The van der Waals surface area contributed by atoms with Crippen molar-refractivity contribution < 1.29 is 0 Å². The zero-order chi connectivity index (χ0) is 10.7. The second-order valence-electron chi connectivity index (χ2n) is 4.43. The average Bonchev–Trinajstić information content (AvgIpc) is 2.81. The summed E-state index contributed by atoms with van der Waals surface area (Å²) in [5.41, 5.74) is 5.76. The maximum Gasteiger partial charge on any atom is 0.0413 e. The maximum absolute atomic E-state index is 5.76. The molecule has 2 heterocycles. The van der Waals surface area contributed by atoms with Gasteiger partial charge in [0.2, 0.25) is 0 Å². The molecule has 1 fully saturated rings. The van der Waals surface area contributed by atoms with Gasteiger partial charge in [-0.25, -0.2) is 0 Å². The van der Waals surface area contributed by atoms with Crippen LogP contribution >= 0.6 is 11.3 Å². The standard InChI is InChI=1S/C12H20N2S/c1-10(12-5-3-7-15-12)14-6-2-4-11(8-13)9-14/h3,5,7,10-11H,2,4,6,8-9,13H2,1H3/t10-,11-/m0/s1. The highest BCUT2D eigenvalue weighted by atomic mass is 32.1. The van der Waals surface area contributed by atoms with Crippen molar-refractivity contribution in [2.45, 2.75) is 25.8 Å². The first-order valence-corrected chi connectivity index (χ1v) is 6.66. The smallest absolute Gasteiger partial charge is 0.0413 e. The van der Waals surface area contributed by atoms with Crippen LogP contribution in [0.1, 0.15) is 30.7 Å². The Labute approximate surface area is 96.1 Å². The van der Waals surface area contributed by atoms with Crippen LogP contribution in [0.4, 0.5) is 0 Å². The van der Waals surface area contributed by atoms with Gasteiger partial charge in [0.25, 0.3) is 0 Å². The molecule has 1 aliphatic rings. The largest absolute Gasteiger partial charge is 0.330 e.